The first kappa shape index (κ1) is 21.9. The van der Waals surface area contributed by atoms with Crippen LogP contribution in [0.1, 0.15) is 30.1 Å². The first-order chi connectivity index (χ1) is 13.5. The maximum Gasteiger partial charge on any atom is 0.387 e. The molecule has 154 valence electrons. The van der Waals surface area contributed by atoms with Gasteiger partial charge in [0.05, 0.1) is 23.9 Å². The Hall–Kier alpha value is -2.42. The molecular weight excluding hydrogens is 386 g/mol. The summed E-state index contributed by atoms with van der Waals surface area (Å²) in [6.07, 6.45) is 0.808. The van der Waals surface area contributed by atoms with E-state index < -0.39 is 6.61 Å². The van der Waals surface area contributed by atoms with Gasteiger partial charge in [-0.2, -0.15) is 8.78 Å². The van der Waals surface area contributed by atoms with Gasteiger partial charge in [0, 0.05) is 24.9 Å². The number of hydrogen-bond donors (Lipinski definition) is 2. The average Bonchev–Trinajstić information content (AvgIpc) is 3.06. The lowest BCUT2D eigenvalue weighted by Crippen LogP contribution is -2.38. The van der Waals surface area contributed by atoms with Gasteiger partial charge in [-0.25, -0.2) is 9.98 Å². The van der Waals surface area contributed by atoms with Crippen LogP contribution in [0.15, 0.2) is 28.6 Å². The molecule has 0 aliphatic carbocycles. The van der Waals surface area contributed by atoms with E-state index in [1.165, 1.54) is 6.07 Å². The summed E-state index contributed by atoms with van der Waals surface area (Å²) in [4.78, 5) is 8.99. The Morgan fingerprint density at radius 1 is 1.25 bits per heavy atom. The van der Waals surface area contributed by atoms with Crippen LogP contribution in [0.25, 0.3) is 0 Å². The number of guanidine groups is 1. The fourth-order valence-corrected chi connectivity index (χ4v) is 3.10. The predicted octanol–water partition coefficient (Wildman–Crippen LogP) is 3.75. The number of aromatic nitrogens is 1. The number of ether oxygens (including phenoxy) is 2. The summed E-state index contributed by atoms with van der Waals surface area (Å²) in [5.41, 5.74) is 1.89. The number of nitrogens with one attached hydrogen (secondary N) is 2. The number of nitrogens with zero attached hydrogens (tertiary/aromatic N) is 2. The van der Waals surface area contributed by atoms with Gasteiger partial charge in [-0.1, -0.05) is 6.07 Å². The van der Waals surface area contributed by atoms with Gasteiger partial charge >= 0.3 is 6.61 Å². The maximum absolute atomic E-state index is 12.5. The van der Waals surface area contributed by atoms with Crippen molar-refractivity contribution in [3.8, 4) is 11.5 Å². The summed E-state index contributed by atoms with van der Waals surface area (Å²) < 4.78 is 34.9. The number of halogens is 2. The van der Waals surface area contributed by atoms with Crippen LogP contribution in [0.5, 0.6) is 11.5 Å². The molecule has 2 rings (SSSR count). The van der Waals surface area contributed by atoms with E-state index in [0.29, 0.717) is 25.7 Å². The molecule has 0 spiro atoms. The number of alkyl halides is 2. The topological polar surface area (TPSA) is 67.8 Å². The lowest BCUT2D eigenvalue weighted by atomic mass is 10.2. The number of thiazole rings is 1. The molecule has 0 radical (unpaired) electrons. The number of hydrogen-bond acceptors (Lipinski definition) is 5. The van der Waals surface area contributed by atoms with Gasteiger partial charge in [0.2, 0.25) is 0 Å². The van der Waals surface area contributed by atoms with E-state index in [4.69, 9.17) is 4.74 Å². The Bertz CT molecular complexity index is 768. The Balaban J connectivity index is 1.99. The fraction of sp³-hybridized carbons (Fsp3) is 0.474. The number of benzene rings is 1. The SMILES string of the molecule is CCNC(=NCc1ccc(OC(F)F)c(OCC)c1)NCCc1csc(C)n1. The first-order valence-electron chi connectivity index (χ1n) is 9.15. The van der Waals surface area contributed by atoms with Crippen LogP contribution >= 0.6 is 11.3 Å². The summed E-state index contributed by atoms with van der Waals surface area (Å²) in [5.74, 6) is 0.987. The van der Waals surface area contributed by atoms with Crippen LogP contribution in [0.2, 0.25) is 0 Å². The van der Waals surface area contributed by atoms with Crippen LogP contribution in [-0.2, 0) is 13.0 Å². The minimum atomic E-state index is -2.89. The molecule has 6 nitrogen and oxygen atoms in total. The van der Waals surface area contributed by atoms with E-state index in [1.807, 2.05) is 13.8 Å². The van der Waals surface area contributed by atoms with Crippen molar-refractivity contribution >= 4 is 17.3 Å². The van der Waals surface area contributed by atoms with Crippen molar-refractivity contribution in [1.29, 1.82) is 0 Å². The maximum atomic E-state index is 12.5. The number of aryl methyl sites for hydroxylation is 1. The van der Waals surface area contributed by atoms with Crippen molar-refractivity contribution in [2.75, 3.05) is 19.7 Å². The molecule has 0 fully saturated rings. The standard InChI is InChI=1S/C19H26F2N4O2S/c1-4-22-19(23-9-8-15-12-28-13(3)25-15)24-11-14-6-7-16(27-18(20)21)17(10-14)26-5-2/h6-7,10,12,18H,4-5,8-9,11H2,1-3H3,(H2,22,23,24). The van der Waals surface area contributed by atoms with Crippen LogP contribution in [0.3, 0.4) is 0 Å². The third-order valence-corrected chi connectivity index (χ3v) is 4.45. The van der Waals surface area contributed by atoms with E-state index in [9.17, 15) is 8.78 Å². The molecule has 0 aliphatic rings. The van der Waals surface area contributed by atoms with Gasteiger partial charge in [-0.3, -0.25) is 0 Å². The highest BCUT2D eigenvalue weighted by Gasteiger charge is 2.11. The second-order valence-electron chi connectivity index (χ2n) is 5.82. The van der Waals surface area contributed by atoms with Crippen LogP contribution in [0, 0.1) is 6.92 Å². The molecule has 0 atom stereocenters. The number of rotatable bonds is 10. The molecule has 0 amide bonds. The highest BCUT2D eigenvalue weighted by molar-refractivity contribution is 7.09. The van der Waals surface area contributed by atoms with E-state index >= 15 is 0 Å². The van der Waals surface area contributed by atoms with Crippen molar-refractivity contribution in [3.05, 3.63) is 39.8 Å². The zero-order valence-electron chi connectivity index (χ0n) is 16.3. The van der Waals surface area contributed by atoms with Crippen LogP contribution < -0.4 is 20.1 Å². The molecule has 0 saturated carbocycles. The lowest BCUT2D eigenvalue weighted by Gasteiger charge is -2.13. The first-order valence-corrected chi connectivity index (χ1v) is 10.0. The van der Waals surface area contributed by atoms with E-state index in [1.54, 1.807) is 30.4 Å². The predicted molar refractivity (Wildman–Crippen MR) is 108 cm³/mol. The highest BCUT2D eigenvalue weighted by atomic mass is 32.1. The zero-order valence-corrected chi connectivity index (χ0v) is 17.1. The lowest BCUT2D eigenvalue weighted by molar-refractivity contribution is -0.0514. The monoisotopic (exact) mass is 412 g/mol. The Labute approximate surface area is 168 Å². The molecule has 1 heterocycles. The largest absolute Gasteiger partial charge is 0.490 e. The molecule has 2 N–H and O–H groups in total. The quantitative estimate of drug-likeness (QED) is 0.460. The third kappa shape index (κ3) is 7.30. The molecule has 28 heavy (non-hydrogen) atoms. The van der Waals surface area contributed by atoms with Gasteiger partial charge in [-0.15, -0.1) is 11.3 Å². The smallest absolute Gasteiger partial charge is 0.387 e. The molecule has 9 heteroatoms. The normalized spacial score (nSPS) is 11.6. The van der Waals surface area contributed by atoms with Gasteiger partial charge < -0.3 is 20.1 Å². The molecule has 1 aromatic heterocycles. The number of aliphatic imine (C=N–C) groups is 1. The molecule has 0 bridgehead atoms. The van der Waals surface area contributed by atoms with Crippen molar-refractivity contribution in [2.24, 2.45) is 4.99 Å². The third-order valence-electron chi connectivity index (χ3n) is 3.63. The van der Waals surface area contributed by atoms with Crippen LogP contribution in [-0.4, -0.2) is 37.3 Å². The molecule has 0 unspecified atom stereocenters. The van der Waals surface area contributed by atoms with Gasteiger partial charge in [0.25, 0.3) is 0 Å². The summed E-state index contributed by atoms with van der Waals surface area (Å²) >= 11 is 1.64. The second kappa shape index (κ2) is 11.4. The zero-order chi connectivity index (χ0) is 20.4. The summed E-state index contributed by atoms with van der Waals surface area (Å²) in [6.45, 7) is 5.04. The second-order valence-corrected chi connectivity index (χ2v) is 6.88. The molecule has 2 aromatic rings. The van der Waals surface area contributed by atoms with E-state index in [0.717, 1.165) is 29.2 Å². The van der Waals surface area contributed by atoms with E-state index in [-0.39, 0.29) is 11.5 Å². The molecule has 1 aromatic carbocycles. The summed E-state index contributed by atoms with van der Waals surface area (Å²) in [5, 5.41) is 9.57. The fourth-order valence-electron chi connectivity index (χ4n) is 2.46. The minimum absolute atomic E-state index is 0.0215. The van der Waals surface area contributed by atoms with Gasteiger partial charge in [0.1, 0.15) is 0 Å². The summed E-state index contributed by atoms with van der Waals surface area (Å²) in [7, 11) is 0. The van der Waals surface area contributed by atoms with Crippen molar-refractivity contribution in [2.45, 2.75) is 40.3 Å². The van der Waals surface area contributed by atoms with Gasteiger partial charge in [-0.05, 0) is 38.5 Å². The van der Waals surface area contributed by atoms with Crippen molar-refractivity contribution in [3.63, 3.8) is 0 Å². The molecule has 0 saturated heterocycles. The van der Waals surface area contributed by atoms with Crippen LogP contribution in [0.4, 0.5) is 8.78 Å². The van der Waals surface area contributed by atoms with Crippen molar-refractivity contribution < 1.29 is 18.3 Å². The Kier molecular flexibility index (Phi) is 8.93. The van der Waals surface area contributed by atoms with Gasteiger partial charge in [0.15, 0.2) is 17.5 Å². The highest BCUT2D eigenvalue weighted by Crippen LogP contribution is 2.30. The Morgan fingerprint density at radius 2 is 2.07 bits per heavy atom. The Morgan fingerprint density at radius 3 is 2.71 bits per heavy atom. The average molecular weight is 413 g/mol. The summed E-state index contributed by atoms with van der Waals surface area (Å²) in [6, 6.07) is 4.85. The van der Waals surface area contributed by atoms with Crippen molar-refractivity contribution in [1.82, 2.24) is 15.6 Å². The van der Waals surface area contributed by atoms with E-state index in [2.05, 4.69) is 30.7 Å². The molecular formula is C19H26F2N4O2S. The minimum Gasteiger partial charge on any atom is -0.490 e. The molecule has 0 aliphatic heterocycles.